The van der Waals surface area contributed by atoms with Gasteiger partial charge in [0.1, 0.15) is 36.1 Å². The summed E-state index contributed by atoms with van der Waals surface area (Å²) in [4.78, 5) is 54.0. The van der Waals surface area contributed by atoms with Gasteiger partial charge in [-0.1, -0.05) is 5.16 Å². The maximum atomic E-state index is 13.0. The number of carbonyl (C=O) groups is 3. The number of hydrogen-bond donors (Lipinski definition) is 5. The van der Waals surface area contributed by atoms with Crippen molar-refractivity contribution in [3.8, 4) is 0 Å². The molecule has 1 aromatic heterocycles. The van der Waals surface area contributed by atoms with Gasteiger partial charge in [-0.3, -0.25) is 14.5 Å². The zero-order chi connectivity index (χ0) is 26.9. The molecule has 4 heterocycles. The van der Waals surface area contributed by atoms with Crippen molar-refractivity contribution in [2.75, 3.05) is 30.9 Å². The molecule has 1 fully saturated rings. The van der Waals surface area contributed by atoms with Gasteiger partial charge in [-0.2, -0.15) is 0 Å². The topological polar surface area (TPSA) is 215 Å². The first-order valence-corrected chi connectivity index (χ1v) is 13.8. The maximum Gasteiger partial charge on any atom is 0.352 e. The number of hydrogen-bond acceptors (Lipinski definition) is 14. The van der Waals surface area contributed by atoms with Gasteiger partial charge < -0.3 is 37.4 Å². The molecule has 0 saturated carbocycles. The molecule has 198 valence electrons. The number of thioether (sulfide) groups is 2. The van der Waals surface area contributed by atoms with Crippen LogP contribution in [0.2, 0.25) is 0 Å². The number of guanidine groups is 1. The Kier molecular flexibility index (Phi) is 7.96. The van der Waals surface area contributed by atoms with Crippen molar-refractivity contribution in [2.24, 2.45) is 21.6 Å². The zero-order valence-corrected chi connectivity index (χ0v) is 22.2. The van der Waals surface area contributed by atoms with Gasteiger partial charge in [0.2, 0.25) is 0 Å². The molecule has 17 heteroatoms. The third-order valence-corrected chi connectivity index (χ3v) is 8.66. The van der Waals surface area contributed by atoms with Crippen LogP contribution < -0.4 is 22.5 Å². The van der Waals surface area contributed by atoms with Crippen LogP contribution in [0.1, 0.15) is 12.6 Å². The summed E-state index contributed by atoms with van der Waals surface area (Å²) in [7, 11) is 1.27. The van der Waals surface area contributed by atoms with Crippen molar-refractivity contribution >= 4 is 69.4 Å². The average Bonchev–Trinajstić information content (AvgIpc) is 3.29. The van der Waals surface area contributed by atoms with Gasteiger partial charge in [0, 0.05) is 23.4 Å². The predicted octanol–water partition coefficient (Wildman–Crippen LogP) is -0.676. The van der Waals surface area contributed by atoms with Gasteiger partial charge in [-0.15, -0.1) is 34.9 Å². The molecule has 3 atom stereocenters. The number of nitrogens with zero attached hydrogens (tertiary/aromatic N) is 5. The first-order valence-electron chi connectivity index (χ1n) is 10.9. The van der Waals surface area contributed by atoms with Crippen LogP contribution >= 0.6 is 34.9 Å². The summed E-state index contributed by atoms with van der Waals surface area (Å²) in [5, 5.41) is 18.0. The van der Waals surface area contributed by atoms with Crippen LogP contribution in [-0.4, -0.2) is 92.1 Å². The molecule has 0 aromatic carbocycles. The summed E-state index contributed by atoms with van der Waals surface area (Å²) >= 11 is 3.77. The highest BCUT2D eigenvalue weighted by Crippen LogP contribution is 2.41. The average molecular weight is 568 g/mol. The number of β-lactam (4-membered cyclic amide) rings is 1. The highest BCUT2D eigenvalue weighted by molar-refractivity contribution is 8.03. The second-order valence-electron chi connectivity index (χ2n) is 7.85. The van der Waals surface area contributed by atoms with Crippen LogP contribution in [0.15, 0.2) is 37.9 Å². The Hall–Kier alpha value is -3.28. The van der Waals surface area contributed by atoms with Crippen molar-refractivity contribution in [3.05, 3.63) is 33.4 Å². The number of rotatable bonds is 9. The van der Waals surface area contributed by atoms with Gasteiger partial charge in [0.25, 0.3) is 11.8 Å². The third-order valence-electron chi connectivity index (χ3n) is 5.63. The van der Waals surface area contributed by atoms with Crippen LogP contribution in [0.25, 0.3) is 0 Å². The van der Waals surface area contributed by atoms with Crippen LogP contribution in [0.5, 0.6) is 0 Å². The Balaban J connectivity index is 1.47. The van der Waals surface area contributed by atoms with Gasteiger partial charge >= 0.3 is 5.97 Å². The fourth-order valence-corrected chi connectivity index (χ4v) is 6.89. The molecule has 14 nitrogen and oxygen atoms in total. The molecule has 0 spiro atoms. The number of nitrogens with two attached hydrogens (primary N) is 3. The molecule has 3 aliphatic rings. The summed E-state index contributed by atoms with van der Waals surface area (Å²) in [6.45, 7) is 2.51. The van der Waals surface area contributed by atoms with E-state index in [2.05, 4.69) is 20.4 Å². The number of anilines is 1. The minimum absolute atomic E-state index is 0.0994. The number of nitrogens with one attached hydrogen (secondary N) is 1. The number of oxime groups is 1. The molecule has 0 bridgehead atoms. The Labute approximate surface area is 224 Å². The largest absolute Gasteiger partial charge is 0.477 e. The van der Waals surface area contributed by atoms with E-state index < -0.39 is 35.4 Å². The predicted molar refractivity (Wildman–Crippen MR) is 142 cm³/mol. The van der Waals surface area contributed by atoms with Crippen LogP contribution in [-0.2, 0) is 19.2 Å². The molecule has 37 heavy (non-hydrogen) atoms. The van der Waals surface area contributed by atoms with E-state index in [0.29, 0.717) is 28.9 Å². The first kappa shape index (κ1) is 26.8. The highest BCUT2D eigenvalue weighted by atomic mass is 32.2. The van der Waals surface area contributed by atoms with E-state index in [0.717, 1.165) is 11.3 Å². The number of carboxylic acid groups (broad SMARTS) is 1. The number of aromatic nitrogens is 1. The lowest BCUT2D eigenvalue weighted by Crippen LogP contribution is -2.71. The van der Waals surface area contributed by atoms with E-state index in [9.17, 15) is 19.5 Å². The first-order chi connectivity index (χ1) is 17.7. The van der Waals surface area contributed by atoms with E-state index in [1.807, 2.05) is 6.92 Å². The lowest BCUT2D eigenvalue weighted by atomic mass is 10.0. The number of fused-ring (bicyclic) bond motifs is 1. The number of aliphatic imine (C=N–C) groups is 1. The van der Waals surface area contributed by atoms with Crippen molar-refractivity contribution in [2.45, 2.75) is 24.5 Å². The Morgan fingerprint density at radius 2 is 2.16 bits per heavy atom. The molecule has 4 rings (SSSR count). The van der Waals surface area contributed by atoms with Crippen molar-refractivity contribution in [3.63, 3.8) is 0 Å². The number of aliphatic carboxylic acids is 1. The van der Waals surface area contributed by atoms with Crippen molar-refractivity contribution < 1.29 is 24.3 Å². The van der Waals surface area contributed by atoms with Crippen LogP contribution in [0.3, 0.4) is 0 Å². The summed E-state index contributed by atoms with van der Waals surface area (Å²) in [5.74, 6) is -1.55. The Morgan fingerprint density at radius 1 is 1.41 bits per heavy atom. The highest BCUT2D eigenvalue weighted by Gasteiger charge is 2.54. The molecule has 1 saturated heterocycles. The lowest BCUT2D eigenvalue weighted by Gasteiger charge is -2.49. The molecule has 2 unspecified atom stereocenters. The minimum Gasteiger partial charge on any atom is -0.477 e. The van der Waals surface area contributed by atoms with E-state index >= 15 is 0 Å². The molecule has 8 N–H and O–H groups in total. The standard InChI is InChI=1S/C20H25N9O5S3/c1-3-28-10(21)4-11(25-19(28)22)35-5-8-6-36-17-13(16(31)29(17)14(8)18(32)33)26-15(30)12(27-34-2)9-7-37-20(23)24-9/h4,7,10,13,17H,3,5-6,21H2,1-2H3,(H2,22,25)(H2,23,24)(H,26,30)(H,32,33)/b27-12-/t10?,13?,17-/m0/s1. The fraction of sp³-hybridized carbons (Fsp3) is 0.400. The van der Waals surface area contributed by atoms with E-state index in [-0.39, 0.29) is 28.0 Å². The Morgan fingerprint density at radius 3 is 2.76 bits per heavy atom. The quantitative estimate of drug-likeness (QED) is 0.143. The Bertz CT molecular complexity index is 1240. The van der Waals surface area contributed by atoms with E-state index in [1.54, 1.807) is 11.0 Å². The molecular weight excluding hydrogens is 542 g/mol. The number of carbonyl (C=O) groups excluding carboxylic acids is 2. The molecule has 1 aromatic rings. The van der Waals surface area contributed by atoms with E-state index in [1.165, 1.54) is 40.9 Å². The van der Waals surface area contributed by atoms with Crippen LogP contribution in [0.4, 0.5) is 5.13 Å². The summed E-state index contributed by atoms with van der Waals surface area (Å²) < 4.78 is 0. The third kappa shape index (κ3) is 5.25. The zero-order valence-electron chi connectivity index (χ0n) is 19.8. The molecule has 2 amide bonds. The normalized spacial score (nSPS) is 23.7. The van der Waals surface area contributed by atoms with Gasteiger partial charge in [0.15, 0.2) is 16.8 Å². The van der Waals surface area contributed by atoms with Gasteiger partial charge in [-0.05, 0) is 18.6 Å². The molecular formula is C20H25N9O5S3. The maximum absolute atomic E-state index is 13.0. The number of thiazole rings is 1. The number of likely N-dealkylation sites (N-methyl/N-ethyl adjacent to an activating group) is 1. The monoisotopic (exact) mass is 567 g/mol. The molecule has 3 aliphatic heterocycles. The van der Waals surface area contributed by atoms with Gasteiger partial charge in [0.05, 0.1) is 5.03 Å². The molecule has 0 aliphatic carbocycles. The SMILES string of the molecule is CCN1C(N)=NC(SCC2=C(C(=O)O)N3C(=O)C(NC(=O)/C(=N\OC)c4csc(N)n4)[C@@H]3SC2)=CC1N. The summed E-state index contributed by atoms with van der Waals surface area (Å²) in [6, 6.07) is -0.942. The summed E-state index contributed by atoms with van der Waals surface area (Å²) in [6.07, 6.45) is 1.32. The van der Waals surface area contributed by atoms with Crippen molar-refractivity contribution in [1.29, 1.82) is 0 Å². The fourth-order valence-electron chi connectivity index (χ4n) is 3.91. The molecule has 0 radical (unpaired) electrons. The van der Waals surface area contributed by atoms with E-state index in [4.69, 9.17) is 22.0 Å². The number of carboxylic acids is 1. The van der Waals surface area contributed by atoms with Crippen LogP contribution in [0, 0.1) is 0 Å². The second-order valence-corrected chi connectivity index (χ2v) is 10.8. The number of amides is 2. The minimum atomic E-state index is -1.23. The summed E-state index contributed by atoms with van der Waals surface area (Å²) in [5.41, 5.74) is 18.2. The number of nitrogen functional groups attached to an aromatic ring is 1. The van der Waals surface area contributed by atoms with Crippen molar-refractivity contribution in [1.82, 2.24) is 20.1 Å². The second kappa shape index (κ2) is 11.0. The van der Waals surface area contributed by atoms with Gasteiger partial charge in [-0.25, -0.2) is 14.8 Å². The lowest BCUT2D eigenvalue weighted by molar-refractivity contribution is -0.150. The smallest absolute Gasteiger partial charge is 0.352 e.